The molecule has 9 nitrogen and oxygen atoms in total. The standard InChI is InChI=1S/C30H38N4O5/c1-6-7-10-18-39-22-14-13-21(19-23(22)38-5)27-25(29(36)30(37)34(27)17-11-15-32(3)4)28(35)26-20(2)31-24-12-8-9-16-33(24)26/h8-9,12-14,16,19,27,35H,6-7,10-11,15,17-18H2,1-5H3/b28-25+. The Morgan fingerprint density at radius 3 is 2.62 bits per heavy atom. The monoisotopic (exact) mass is 534 g/mol. The van der Waals surface area contributed by atoms with Gasteiger partial charge in [-0.05, 0) is 70.2 Å². The van der Waals surface area contributed by atoms with Crippen LogP contribution < -0.4 is 9.47 Å². The molecule has 1 N–H and O–H groups in total. The number of nitrogens with zero attached hydrogens (tertiary/aromatic N) is 4. The number of unbranched alkanes of at least 4 members (excludes halogenated alkanes) is 2. The minimum Gasteiger partial charge on any atom is -0.505 e. The Kier molecular flexibility index (Phi) is 8.91. The maximum Gasteiger partial charge on any atom is 0.295 e. The Balaban J connectivity index is 1.81. The lowest BCUT2D eigenvalue weighted by Gasteiger charge is -2.26. The average molecular weight is 535 g/mol. The molecule has 9 heteroatoms. The highest BCUT2D eigenvalue weighted by molar-refractivity contribution is 6.46. The number of hydrogen-bond acceptors (Lipinski definition) is 7. The van der Waals surface area contributed by atoms with E-state index in [2.05, 4.69) is 11.9 Å². The number of ketones is 1. The number of ether oxygens (including phenoxy) is 2. The van der Waals surface area contributed by atoms with Crippen LogP contribution in [0.1, 0.15) is 55.6 Å². The van der Waals surface area contributed by atoms with Crippen LogP contribution in [-0.2, 0) is 9.59 Å². The van der Waals surface area contributed by atoms with Crippen molar-refractivity contribution >= 4 is 23.1 Å². The van der Waals surface area contributed by atoms with E-state index in [1.54, 1.807) is 41.7 Å². The van der Waals surface area contributed by atoms with Crippen molar-refractivity contribution in [3.05, 3.63) is 65.1 Å². The fraction of sp³-hybridized carbons (Fsp3) is 0.433. The minimum absolute atomic E-state index is 0.0391. The van der Waals surface area contributed by atoms with Gasteiger partial charge in [-0.1, -0.05) is 31.9 Å². The zero-order chi connectivity index (χ0) is 28.1. The van der Waals surface area contributed by atoms with Gasteiger partial charge in [-0.15, -0.1) is 0 Å². The number of hydrogen-bond donors (Lipinski definition) is 1. The minimum atomic E-state index is -0.788. The normalized spacial score (nSPS) is 17.0. The SMILES string of the molecule is CCCCCOc1ccc(C2/C(=C(\O)c3c(C)nc4ccccn34)C(=O)C(=O)N2CCCN(C)C)cc1OC. The molecule has 0 saturated carbocycles. The van der Waals surface area contributed by atoms with Gasteiger partial charge in [0.2, 0.25) is 0 Å². The number of methoxy groups -OCH3 is 1. The fourth-order valence-corrected chi connectivity index (χ4v) is 5.05. The first-order valence-electron chi connectivity index (χ1n) is 13.5. The van der Waals surface area contributed by atoms with Crippen LogP contribution in [0.3, 0.4) is 0 Å². The summed E-state index contributed by atoms with van der Waals surface area (Å²) in [5.74, 6) is -0.492. The van der Waals surface area contributed by atoms with E-state index >= 15 is 0 Å². The molecular weight excluding hydrogens is 496 g/mol. The topological polar surface area (TPSA) is 96.6 Å². The molecule has 0 spiro atoms. The molecule has 0 radical (unpaired) electrons. The lowest BCUT2D eigenvalue weighted by atomic mass is 9.95. The van der Waals surface area contributed by atoms with Gasteiger partial charge in [-0.25, -0.2) is 4.98 Å². The number of benzene rings is 1. The Morgan fingerprint density at radius 2 is 1.90 bits per heavy atom. The first-order chi connectivity index (χ1) is 18.8. The van der Waals surface area contributed by atoms with E-state index in [0.29, 0.717) is 53.7 Å². The molecule has 1 saturated heterocycles. The zero-order valence-electron chi connectivity index (χ0n) is 23.4. The van der Waals surface area contributed by atoms with Crippen LogP contribution in [0.15, 0.2) is 48.2 Å². The highest BCUT2D eigenvalue weighted by Crippen LogP contribution is 2.42. The van der Waals surface area contributed by atoms with E-state index < -0.39 is 17.7 Å². The van der Waals surface area contributed by atoms with Crippen LogP contribution in [0.25, 0.3) is 11.4 Å². The van der Waals surface area contributed by atoms with E-state index in [4.69, 9.17) is 9.47 Å². The van der Waals surface area contributed by atoms with Crippen LogP contribution in [0.4, 0.5) is 0 Å². The van der Waals surface area contributed by atoms with E-state index in [1.165, 1.54) is 0 Å². The van der Waals surface area contributed by atoms with Crippen LogP contribution in [0.2, 0.25) is 0 Å². The Bertz CT molecular complexity index is 1380. The molecule has 1 atom stereocenters. The summed E-state index contributed by atoms with van der Waals surface area (Å²) in [5, 5.41) is 11.6. The zero-order valence-corrected chi connectivity index (χ0v) is 23.4. The summed E-state index contributed by atoms with van der Waals surface area (Å²) in [5.41, 5.74) is 2.29. The third kappa shape index (κ3) is 5.78. The Labute approximate surface area is 229 Å². The van der Waals surface area contributed by atoms with E-state index in [0.717, 1.165) is 25.8 Å². The summed E-state index contributed by atoms with van der Waals surface area (Å²) < 4.78 is 13.3. The second-order valence-corrected chi connectivity index (χ2v) is 10.1. The molecule has 1 aromatic carbocycles. The summed E-state index contributed by atoms with van der Waals surface area (Å²) in [6.07, 6.45) is 5.55. The van der Waals surface area contributed by atoms with Crippen molar-refractivity contribution in [1.82, 2.24) is 19.2 Å². The van der Waals surface area contributed by atoms with Crippen LogP contribution in [0, 0.1) is 6.92 Å². The molecule has 208 valence electrons. The smallest absolute Gasteiger partial charge is 0.295 e. The number of amides is 1. The highest BCUT2D eigenvalue weighted by Gasteiger charge is 2.46. The number of aliphatic hydroxyl groups excluding tert-OH is 1. The van der Waals surface area contributed by atoms with Crippen molar-refractivity contribution in [2.45, 2.75) is 45.6 Å². The largest absolute Gasteiger partial charge is 0.505 e. The van der Waals surface area contributed by atoms with Gasteiger partial charge >= 0.3 is 0 Å². The van der Waals surface area contributed by atoms with Crippen molar-refractivity contribution in [3.8, 4) is 11.5 Å². The third-order valence-corrected chi connectivity index (χ3v) is 6.98. The Morgan fingerprint density at radius 1 is 1.10 bits per heavy atom. The van der Waals surface area contributed by atoms with Crippen molar-refractivity contribution in [3.63, 3.8) is 0 Å². The molecule has 0 bridgehead atoms. The summed E-state index contributed by atoms with van der Waals surface area (Å²) in [6.45, 7) is 5.58. The molecule has 3 heterocycles. The number of pyridine rings is 1. The van der Waals surface area contributed by atoms with E-state index in [-0.39, 0.29) is 11.3 Å². The number of aromatic nitrogens is 2. The molecule has 1 fully saturated rings. The summed E-state index contributed by atoms with van der Waals surface area (Å²) in [4.78, 5) is 35.0. The van der Waals surface area contributed by atoms with Crippen molar-refractivity contribution in [2.75, 3.05) is 40.9 Å². The van der Waals surface area contributed by atoms with Gasteiger partial charge in [-0.2, -0.15) is 0 Å². The number of imidazole rings is 1. The fourth-order valence-electron chi connectivity index (χ4n) is 5.05. The van der Waals surface area contributed by atoms with Gasteiger partial charge < -0.3 is 24.4 Å². The summed E-state index contributed by atoms with van der Waals surface area (Å²) in [7, 11) is 5.49. The molecule has 1 amide bonds. The predicted octanol–water partition coefficient (Wildman–Crippen LogP) is 4.59. The van der Waals surface area contributed by atoms with Gasteiger partial charge in [0, 0.05) is 12.7 Å². The van der Waals surface area contributed by atoms with Crippen LogP contribution in [0.5, 0.6) is 11.5 Å². The lowest BCUT2D eigenvalue weighted by Crippen LogP contribution is -2.32. The van der Waals surface area contributed by atoms with Gasteiger partial charge in [0.05, 0.1) is 31.0 Å². The summed E-state index contributed by atoms with van der Waals surface area (Å²) >= 11 is 0. The van der Waals surface area contributed by atoms with Crippen LogP contribution >= 0.6 is 0 Å². The number of carbonyl (C=O) groups excluding carboxylic acids is 2. The number of fused-ring (bicyclic) bond motifs is 1. The molecule has 4 rings (SSSR count). The first-order valence-corrected chi connectivity index (χ1v) is 13.5. The van der Waals surface area contributed by atoms with Gasteiger partial charge in [0.25, 0.3) is 11.7 Å². The van der Waals surface area contributed by atoms with Crippen molar-refractivity contribution in [1.29, 1.82) is 0 Å². The molecule has 1 aliphatic heterocycles. The molecule has 1 aliphatic rings. The van der Waals surface area contributed by atoms with Gasteiger partial charge in [0.1, 0.15) is 11.3 Å². The quantitative estimate of drug-likeness (QED) is 0.157. The second kappa shape index (κ2) is 12.3. The Hall–Kier alpha value is -3.85. The number of carbonyl (C=O) groups is 2. The van der Waals surface area contributed by atoms with E-state index in [1.807, 2.05) is 43.3 Å². The second-order valence-electron chi connectivity index (χ2n) is 10.1. The molecule has 3 aromatic rings. The van der Waals surface area contributed by atoms with Crippen molar-refractivity contribution in [2.24, 2.45) is 0 Å². The molecule has 39 heavy (non-hydrogen) atoms. The lowest BCUT2D eigenvalue weighted by molar-refractivity contribution is -0.139. The maximum atomic E-state index is 13.5. The van der Waals surface area contributed by atoms with Crippen molar-refractivity contribution < 1.29 is 24.2 Å². The highest BCUT2D eigenvalue weighted by atomic mass is 16.5. The predicted molar refractivity (Wildman–Crippen MR) is 150 cm³/mol. The number of aryl methyl sites for hydroxylation is 1. The van der Waals surface area contributed by atoms with E-state index in [9.17, 15) is 14.7 Å². The molecule has 2 aromatic heterocycles. The van der Waals surface area contributed by atoms with Gasteiger partial charge in [0.15, 0.2) is 17.3 Å². The summed E-state index contributed by atoms with van der Waals surface area (Å²) in [6, 6.07) is 10.1. The van der Waals surface area contributed by atoms with Gasteiger partial charge in [-0.3, -0.25) is 14.0 Å². The molecule has 1 unspecified atom stereocenters. The average Bonchev–Trinajstić information content (AvgIpc) is 3.39. The number of likely N-dealkylation sites (tertiary alicyclic amines) is 1. The third-order valence-electron chi connectivity index (χ3n) is 6.98. The molecular formula is C30H38N4O5. The molecule has 0 aliphatic carbocycles. The number of aliphatic hydroxyl groups is 1. The number of rotatable bonds is 12. The van der Waals surface area contributed by atoms with Crippen LogP contribution in [-0.4, -0.2) is 76.9 Å². The first kappa shape index (κ1) is 28.2. The number of Topliss-reactive ketones (excluding diaryl/α,β-unsaturated/α-hetero) is 1. The maximum absolute atomic E-state index is 13.5.